The molecule has 0 spiro atoms. The molecule has 1 aromatic carbocycles. The van der Waals surface area contributed by atoms with E-state index < -0.39 is 0 Å². The molecule has 56 valence electrons. The first kappa shape index (κ1) is 8.39. The normalized spacial score (nSPS) is 9.27. The zero-order chi connectivity index (χ0) is 8.43. The van der Waals surface area contributed by atoms with Crippen molar-refractivity contribution in [1.29, 1.82) is 5.26 Å². The molecule has 3 heteroatoms. The van der Waals surface area contributed by atoms with Gasteiger partial charge in [0.25, 0.3) is 0 Å². The SMILES string of the molecule is Cc1c(Cl)cc(C#N)cc1Cl. The molecule has 0 N–H and O–H groups in total. The number of halogens is 2. The predicted octanol–water partition coefficient (Wildman–Crippen LogP) is 3.17. The van der Waals surface area contributed by atoms with Crippen LogP contribution in [0, 0.1) is 18.3 Å². The fourth-order valence-corrected chi connectivity index (χ4v) is 1.20. The third-order valence-electron chi connectivity index (χ3n) is 1.41. The second-order valence-electron chi connectivity index (χ2n) is 2.18. The summed E-state index contributed by atoms with van der Waals surface area (Å²) in [5, 5.41) is 9.58. The standard InChI is InChI=1S/C8H5Cl2N/c1-5-7(9)2-6(4-11)3-8(5)10/h2-3H,1H3. The van der Waals surface area contributed by atoms with Crippen molar-refractivity contribution in [2.45, 2.75) is 6.92 Å². The molecule has 0 bridgehead atoms. The zero-order valence-corrected chi connectivity index (χ0v) is 7.37. The number of nitrogens with zero attached hydrogens (tertiary/aromatic N) is 1. The van der Waals surface area contributed by atoms with E-state index in [4.69, 9.17) is 28.5 Å². The lowest BCUT2D eigenvalue weighted by Gasteiger charge is -1.99. The molecule has 0 radical (unpaired) electrons. The number of hydrogen-bond donors (Lipinski definition) is 0. The van der Waals surface area contributed by atoms with Crippen molar-refractivity contribution in [3.8, 4) is 6.07 Å². The number of rotatable bonds is 0. The molecule has 0 aliphatic heterocycles. The van der Waals surface area contributed by atoms with E-state index in [0.29, 0.717) is 15.6 Å². The molecule has 11 heavy (non-hydrogen) atoms. The maximum absolute atomic E-state index is 8.51. The van der Waals surface area contributed by atoms with E-state index in [-0.39, 0.29) is 0 Å². The van der Waals surface area contributed by atoms with E-state index in [2.05, 4.69) is 0 Å². The molecule has 0 unspecified atom stereocenters. The van der Waals surface area contributed by atoms with Gasteiger partial charge in [0.1, 0.15) is 0 Å². The molecule has 1 aromatic rings. The highest BCUT2D eigenvalue weighted by Crippen LogP contribution is 2.24. The van der Waals surface area contributed by atoms with E-state index in [1.54, 1.807) is 12.1 Å². The lowest BCUT2D eigenvalue weighted by Crippen LogP contribution is -1.80. The van der Waals surface area contributed by atoms with Crippen LogP contribution in [0.2, 0.25) is 10.0 Å². The van der Waals surface area contributed by atoms with Gasteiger partial charge in [-0.15, -0.1) is 0 Å². The molecule has 1 nitrogen and oxygen atoms in total. The molecule has 0 aliphatic carbocycles. The van der Waals surface area contributed by atoms with Crippen molar-refractivity contribution in [2.75, 3.05) is 0 Å². The summed E-state index contributed by atoms with van der Waals surface area (Å²) in [4.78, 5) is 0. The van der Waals surface area contributed by atoms with Crippen molar-refractivity contribution >= 4 is 23.2 Å². The summed E-state index contributed by atoms with van der Waals surface area (Å²) in [6, 6.07) is 5.17. The Morgan fingerprint density at radius 1 is 1.27 bits per heavy atom. The number of hydrogen-bond acceptors (Lipinski definition) is 1. The van der Waals surface area contributed by atoms with Crippen LogP contribution in [0.25, 0.3) is 0 Å². The van der Waals surface area contributed by atoms with E-state index in [0.717, 1.165) is 5.56 Å². The highest BCUT2D eigenvalue weighted by molar-refractivity contribution is 6.36. The van der Waals surface area contributed by atoms with Crippen LogP contribution in [0.3, 0.4) is 0 Å². The minimum Gasteiger partial charge on any atom is -0.192 e. The Kier molecular flexibility index (Phi) is 2.38. The van der Waals surface area contributed by atoms with Gasteiger partial charge in [0.05, 0.1) is 11.6 Å². The third kappa shape index (κ3) is 1.65. The average molecular weight is 186 g/mol. The summed E-state index contributed by atoms with van der Waals surface area (Å²) < 4.78 is 0. The molecule has 0 aromatic heterocycles. The van der Waals surface area contributed by atoms with Crippen LogP contribution in [0.4, 0.5) is 0 Å². The molecular formula is C8H5Cl2N. The predicted molar refractivity (Wildman–Crippen MR) is 45.9 cm³/mol. The summed E-state index contributed by atoms with van der Waals surface area (Å²) in [5.41, 5.74) is 1.30. The van der Waals surface area contributed by atoms with E-state index in [1.165, 1.54) is 0 Å². The Morgan fingerprint density at radius 3 is 2.09 bits per heavy atom. The monoisotopic (exact) mass is 185 g/mol. The minimum atomic E-state index is 0.491. The van der Waals surface area contributed by atoms with Crippen LogP contribution >= 0.6 is 23.2 Å². The van der Waals surface area contributed by atoms with Crippen LogP contribution in [0.5, 0.6) is 0 Å². The summed E-state index contributed by atoms with van der Waals surface area (Å²) in [6.45, 7) is 1.81. The summed E-state index contributed by atoms with van der Waals surface area (Å²) in [6.07, 6.45) is 0. The van der Waals surface area contributed by atoms with Crippen LogP contribution in [0.1, 0.15) is 11.1 Å². The van der Waals surface area contributed by atoms with Crippen molar-refractivity contribution in [1.82, 2.24) is 0 Å². The molecule has 0 fully saturated rings. The van der Waals surface area contributed by atoms with Crippen molar-refractivity contribution in [2.24, 2.45) is 0 Å². The van der Waals surface area contributed by atoms with Crippen molar-refractivity contribution in [3.05, 3.63) is 33.3 Å². The van der Waals surface area contributed by atoms with Gasteiger partial charge in [-0.05, 0) is 24.6 Å². The van der Waals surface area contributed by atoms with Gasteiger partial charge in [-0.3, -0.25) is 0 Å². The molecule has 0 saturated heterocycles. The first-order chi connectivity index (χ1) is 5.15. The van der Waals surface area contributed by atoms with Gasteiger partial charge in [0.15, 0.2) is 0 Å². The molecule has 0 heterocycles. The zero-order valence-electron chi connectivity index (χ0n) is 5.86. The van der Waals surface area contributed by atoms with E-state index in [9.17, 15) is 0 Å². The summed E-state index contributed by atoms with van der Waals surface area (Å²) >= 11 is 11.5. The van der Waals surface area contributed by atoms with Crippen LogP contribution < -0.4 is 0 Å². The van der Waals surface area contributed by atoms with Gasteiger partial charge in [-0.1, -0.05) is 23.2 Å². The number of nitriles is 1. The molecule has 0 aliphatic rings. The van der Waals surface area contributed by atoms with Gasteiger partial charge in [-0.2, -0.15) is 5.26 Å². The number of benzene rings is 1. The van der Waals surface area contributed by atoms with Gasteiger partial charge in [-0.25, -0.2) is 0 Å². The Morgan fingerprint density at radius 2 is 1.73 bits per heavy atom. The Balaban J connectivity index is 3.35. The quantitative estimate of drug-likeness (QED) is 0.610. The van der Waals surface area contributed by atoms with Gasteiger partial charge < -0.3 is 0 Å². The van der Waals surface area contributed by atoms with Gasteiger partial charge >= 0.3 is 0 Å². The second-order valence-corrected chi connectivity index (χ2v) is 2.99. The highest BCUT2D eigenvalue weighted by atomic mass is 35.5. The van der Waals surface area contributed by atoms with E-state index >= 15 is 0 Å². The van der Waals surface area contributed by atoms with Gasteiger partial charge in [0, 0.05) is 10.0 Å². The lowest BCUT2D eigenvalue weighted by molar-refractivity contribution is 1.43. The average Bonchev–Trinajstić information content (AvgIpc) is 1.99. The van der Waals surface area contributed by atoms with Crippen LogP contribution in [-0.2, 0) is 0 Å². The first-order valence-corrected chi connectivity index (χ1v) is 3.76. The molecule has 0 atom stereocenters. The van der Waals surface area contributed by atoms with Crippen LogP contribution in [0.15, 0.2) is 12.1 Å². The molecule has 0 saturated carbocycles. The Labute approximate surface area is 75.2 Å². The smallest absolute Gasteiger partial charge is 0.0992 e. The van der Waals surface area contributed by atoms with Crippen molar-refractivity contribution < 1.29 is 0 Å². The maximum Gasteiger partial charge on any atom is 0.0992 e. The lowest BCUT2D eigenvalue weighted by atomic mass is 10.2. The molecular weight excluding hydrogens is 181 g/mol. The third-order valence-corrected chi connectivity index (χ3v) is 2.20. The summed E-state index contributed by atoms with van der Waals surface area (Å²) in [7, 11) is 0. The highest BCUT2D eigenvalue weighted by Gasteiger charge is 2.02. The van der Waals surface area contributed by atoms with Gasteiger partial charge in [0.2, 0.25) is 0 Å². The fraction of sp³-hybridized carbons (Fsp3) is 0.125. The second kappa shape index (κ2) is 3.13. The Hall–Kier alpha value is -0.710. The topological polar surface area (TPSA) is 23.8 Å². The molecule has 1 rings (SSSR count). The van der Waals surface area contributed by atoms with E-state index in [1.807, 2.05) is 13.0 Å². The summed E-state index contributed by atoms with van der Waals surface area (Å²) in [5.74, 6) is 0. The van der Waals surface area contributed by atoms with Crippen molar-refractivity contribution in [3.63, 3.8) is 0 Å². The van der Waals surface area contributed by atoms with Crippen LogP contribution in [-0.4, -0.2) is 0 Å². The first-order valence-electron chi connectivity index (χ1n) is 3.01. The largest absolute Gasteiger partial charge is 0.192 e. The maximum atomic E-state index is 8.51. The minimum absolute atomic E-state index is 0.491. The Bertz CT molecular complexity index is 302. The molecule has 0 amide bonds. The fourth-order valence-electron chi connectivity index (χ4n) is 0.710.